The van der Waals surface area contributed by atoms with Gasteiger partial charge in [-0.15, -0.1) is 0 Å². The number of anilines is 1. The molecule has 0 saturated heterocycles. The molecule has 12 aromatic rings. The Morgan fingerprint density at radius 2 is 1.13 bits per heavy atom. The molecule has 3 N–H and O–H groups in total. The maximum absolute atomic E-state index is 13.9. The monoisotopic (exact) mass is 1490 g/mol. The van der Waals surface area contributed by atoms with Gasteiger partial charge in [0.1, 0.15) is 47.0 Å². The fraction of sp³-hybridized carbons (Fsp3) is 0.351. The van der Waals surface area contributed by atoms with Gasteiger partial charge in [0.25, 0.3) is 11.8 Å². The Morgan fingerprint density at radius 3 is 1.69 bits per heavy atom. The Hall–Kier alpha value is -11.8. The van der Waals surface area contributed by atoms with Crippen LogP contribution in [0.4, 0.5) is 32.0 Å². The van der Waals surface area contributed by atoms with Gasteiger partial charge in [-0.25, -0.2) is 38.1 Å². The molecule has 1 aliphatic rings. The minimum atomic E-state index is -3.24. The van der Waals surface area contributed by atoms with E-state index in [1.807, 2.05) is 84.8 Å². The number of carbonyl (C=O) groups is 4. The first-order chi connectivity index (χ1) is 51.7. The molecule has 1 fully saturated rings. The molecule has 1 saturated carbocycles. The second-order valence-electron chi connectivity index (χ2n) is 26.0. The van der Waals surface area contributed by atoms with Crippen molar-refractivity contribution in [1.82, 2.24) is 78.7 Å². The molecule has 0 aromatic carbocycles. The molecular formula is C77H83F6N17O8. The summed E-state index contributed by atoms with van der Waals surface area (Å²) < 4.78 is 106. The van der Waals surface area contributed by atoms with Crippen LogP contribution < -0.4 is 30.2 Å². The van der Waals surface area contributed by atoms with Gasteiger partial charge in [0.15, 0.2) is 5.78 Å². The molecule has 108 heavy (non-hydrogen) atoms. The molecule has 0 bridgehead atoms. The number of aromatic nitrogens is 14. The van der Waals surface area contributed by atoms with Crippen molar-refractivity contribution in [2.45, 2.75) is 126 Å². The highest BCUT2D eigenvalue weighted by Gasteiger charge is 2.27. The third-order valence-corrected chi connectivity index (χ3v) is 17.6. The highest BCUT2D eigenvalue weighted by Crippen LogP contribution is 2.34. The molecule has 31 heteroatoms. The van der Waals surface area contributed by atoms with Crippen LogP contribution in [0.25, 0.3) is 44.1 Å². The molecular weight excluding hydrogens is 1400 g/mol. The predicted octanol–water partition coefficient (Wildman–Crippen LogP) is 13.0. The van der Waals surface area contributed by atoms with E-state index >= 15 is 0 Å². The summed E-state index contributed by atoms with van der Waals surface area (Å²) >= 11 is 0. The number of Topliss-reactive ketones (excluding diaryl/α,β-unsaturated/α-hetero) is 1. The van der Waals surface area contributed by atoms with Crippen molar-refractivity contribution in [2.24, 2.45) is 5.92 Å². The van der Waals surface area contributed by atoms with Crippen molar-refractivity contribution in [3.8, 4) is 17.6 Å². The lowest BCUT2D eigenvalue weighted by Gasteiger charge is -2.11. The minimum absolute atomic E-state index is 0.0516. The largest absolute Gasteiger partial charge is 0.481 e. The molecule has 0 aliphatic heterocycles. The predicted molar refractivity (Wildman–Crippen MR) is 393 cm³/mol. The van der Waals surface area contributed by atoms with Gasteiger partial charge in [0, 0.05) is 111 Å². The number of pyridine rings is 6. The molecule has 0 spiro atoms. The van der Waals surface area contributed by atoms with Crippen molar-refractivity contribution in [3.63, 3.8) is 0 Å². The van der Waals surface area contributed by atoms with Crippen molar-refractivity contribution < 1.29 is 64.5 Å². The number of fused-ring (bicyclic) bond motifs is 4. The Balaban J connectivity index is 0.000000154. The summed E-state index contributed by atoms with van der Waals surface area (Å²) in [5.74, 6) is 0.157. The van der Waals surface area contributed by atoms with Crippen LogP contribution in [0.15, 0.2) is 117 Å². The third-order valence-electron chi connectivity index (χ3n) is 17.6. The number of ketones is 1. The molecule has 1 aliphatic carbocycles. The smallest absolute Gasteiger partial charge is 0.352 e. The normalized spacial score (nSPS) is 12.2. The number of halogens is 6. The van der Waals surface area contributed by atoms with E-state index in [-0.39, 0.29) is 56.6 Å². The van der Waals surface area contributed by atoms with Crippen molar-refractivity contribution in [2.75, 3.05) is 53.0 Å². The van der Waals surface area contributed by atoms with E-state index in [4.69, 9.17) is 14.2 Å². The van der Waals surface area contributed by atoms with Crippen LogP contribution in [0.5, 0.6) is 17.6 Å². The number of hydrogen-bond donors (Lipinski definition) is 3. The van der Waals surface area contributed by atoms with E-state index < -0.39 is 36.6 Å². The zero-order valence-electron chi connectivity index (χ0n) is 61.6. The van der Waals surface area contributed by atoms with E-state index in [1.54, 1.807) is 68.0 Å². The summed E-state index contributed by atoms with van der Waals surface area (Å²) in [7, 11) is 4.59. The molecule has 12 heterocycles. The third kappa shape index (κ3) is 19.8. The number of nitrogens with one attached hydrogen (secondary N) is 3. The maximum Gasteiger partial charge on any atom is 0.352 e. The van der Waals surface area contributed by atoms with Crippen LogP contribution in [0.2, 0.25) is 0 Å². The standard InChI is InChI=1S/C20H21F2N3O.C19H21F2N5O3.C19H20F2N4O2.C19H21N5O2/c1-12-7-18-20(23-9-12)16(19(26)5-4-6-21)11-25(18)10-15-8-17(22)14(3)24-13(15)2;1-12-14(24-11-25-18(12)28-3)10-26-9-13(16-15(26)5-4-6-22-16)17(27)23-7-8-29-19(2,20)21;1-11-4-16-17(22-6-11)15(18(26)23-7-12(2)20)10-25(16)9-13-5-14(21)8-24-19(13)27-3;1-12-14(21-11-22-19(12)26-2)9-24-10-15(18-16(24)4-3-7-20-18)23-17(25)8-13-5-6-13/h7-9,11H,4-6,10H2,1-3H3;4-6,9,11H,7-8,10H2,1-3H3,(H,23,27);4-6,8,10,12H,7,9H2,1-3H3,(H,23,26);3-4,7,10-11,13H,5-6,8-9H2,1-2H3,(H,23,25)/t;;12-;/m..0./s1. The van der Waals surface area contributed by atoms with Gasteiger partial charge in [0.2, 0.25) is 23.5 Å². The summed E-state index contributed by atoms with van der Waals surface area (Å²) in [6, 6.07) is 14.1. The summed E-state index contributed by atoms with van der Waals surface area (Å²) in [6.07, 6.45) is 16.5. The zero-order valence-corrected chi connectivity index (χ0v) is 61.6. The van der Waals surface area contributed by atoms with Crippen LogP contribution in [0, 0.1) is 59.1 Å². The SMILES string of the molecule is COc1ncc(F)cc1Cn1cc(C(=O)NC[C@H](C)F)c2ncc(C)cc21.COc1ncnc(Cn2cc(C(=O)NCCOC(C)(F)F)c3ncccc32)c1C.COc1ncnc(Cn2cc(NC(=O)CC3CC3)c3ncccc32)c1C.Cc1cnc2c(C(=O)CCCF)cn(Cc3cc(F)c(C)nc3C)c2c1. The zero-order chi connectivity index (χ0) is 77.5. The number of hydrogen-bond acceptors (Lipinski definition) is 18. The van der Waals surface area contributed by atoms with Crippen LogP contribution in [0.1, 0.15) is 133 Å². The number of amides is 3. The lowest BCUT2D eigenvalue weighted by atomic mass is 10.1. The summed E-state index contributed by atoms with van der Waals surface area (Å²) in [4.78, 5) is 92.3. The first kappa shape index (κ1) is 78.8. The van der Waals surface area contributed by atoms with Crippen LogP contribution in [0.3, 0.4) is 0 Å². The molecule has 12 aromatic heterocycles. The van der Waals surface area contributed by atoms with Crippen LogP contribution in [-0.4, -0.2) is 152 Å². The van der Waals surface area contributed by atoms with E-state index in [0.29, 0.717) is 107 Å². The lowest BCUT2D eigenvalue weighted by molar-refractivity contribution is -0.222. The van der Waals surface area contributed by atoms with Gasteiger partial charge in [0.05, 0.1) is 127 Å². The first-order valence-electron chi connectivity index (χ1n) is 34.6. The highest BCUT2D eigenvalue weighted by molar-refractivity contribution is 6.08. The Morgan fingerprint density at radius 1 is 0.602 bits per heavy atom. The van der Waals surface area contributed by atoms with E-state index in [9.17, 15) is 45.5 Å². The molecule has 0 unspecified atom stereocenters. The fourth-order valence-electron chi connectivity index (χ4n) is 11.9. The quantitative estimate of drug-likeness (QED) is 0.0258. The Bertz CT molecular complexity index is 5230. The number of alkyl halides is 4. The number of nitrogens with zero attached hydrogens (tertiary/aromatic N) is 14. The van der Waals surface area contributed by atoms with E-state index in [2.05, 4.69) is 70.5 Å². The lowest BCUT2D eigenvalue weighted by Crippen LogP contribution is -2.29. The highest BCUT2D eigenvalue weighted by atomic mass is 19.3. The van der Waals surface area contributed by atoms with E-state index in [1.165, 1.54) is 45.9 Å². The summed E-state index contributed by atoms with van der Waals surface area (Å²) in [5.41, 5.74) is 15.0. The van der Waals surface area contributed by atoms with Crippen molar-refractivity contribution >= 4 is 73.3 Å². The van der Waals surface area contributed by atoms with E-state index in [0.717, 1.165) is 91.7 Å². The maximum atomic E-state index is 13.9. The molecule has 566 valence electrons. The number of ether oxygens (including phenoxy) is 4. The van der Waals surface area contributed by atoms with Crippen molar-refractivity contribution in [1.29, 1.82) is 0 Å². The second kappa shape index (κ2) is 35.6. The average molecular weight is 1490 g/mol. The molecule has 13 rings (SSSR count). The number of carbonyl (C=O) groups excluding carboxylic acids is 4. The Kier molecular flexibility index (Phi) is 25.9. The molecule has 25 nitrogen and oxygen atoms in total. The summed E-state index contributed by atoms with van der Waals surface area (Å²) in [6.45, 7) is 13.7. The van der Waals surface area contributed by atoms with Crippen LogP contribution >= 0.6 is 0 Å². The topological polar surface area (TPSA) is 290 Å². The van der Waals surface area contributed by atoms with Gasteiger partial charge in [-0.05, 0) is 139 Å². The Labute approximate surface area is 617 Å². The molecule has 3 amide bonds. The fourth-order valence-corrected chi connectivity index (χ4v) is 11.9. The van der Waals surface area contributed by atoms with Gasteiger partial charge >= 0.3 is 6.11 Å². The molecule has 0 radical (unpaired) electrons. The second-order valence-corrected chi connectivity index (χ2v) is 26.0. The number of methoxy groups -OCH3 is 3. The van der Waals surface area contributed by atoms with Gasteiger partial charge in [-0.1, -0.05) is 0 Å². The van der Waals surface area contributed by atoms with Crippen LogP contribution in [-0.2, 0) is 35.7 Å². The van der Waals surface area contributed by atoms with Gasteiger partial charge in [-0.3, -0.25) is 48.5 Å². The van der Waals surface area contributed by atoms with Crippen molar-refractivity contribution in [3.05, 3.63) is 201 Å². The van der Waals surface area contributed by atoms with Gasteiger partial charge < -0.3 is 53.2 Å². The first-order valence-corrected chi connectivity index (χ1v) is 34.6. The average Bonchev–Trinajstić information content (AvgIpc) is 1.65. The molecule has 1 atom stereocenters. The number of rotatable bonds is 26. The van der Waals surface area contributed by atoms with Gasteiger partial charge in [-0.2, -0.15) is 8.78 Å². The minimum Gasteiger partial charge on any atom is -0.481 e. The number of aryl methyl sites for hydroxylation is 4. The summed E-state index contributed by atoms with van der Waals surface area (Å²) in [5, 5.41) is 8.14.